The molecule has 1 aliphatic heterocycles. The maximum atomic E-state index is 9.87. The fourth-order valence-corrected chi connectivity index (χ4v) is 3.19. The van der Waals surface area contributed by atoms with E-state index in [-0.39, 0.29) is 0 Å². The van der Waals surface area contributed by atoms with Crippen LogP contribution in [0, 0.1) is 11.8 Å². The Morgan fingerprint density at radius 1 is 1.27 bits per heavy atom. The van der Waals surface area contributed by atoms with E-state index in [1.807, 2.05) is 12.1 Å². The molecule has 0 amide bonds. The largest absolute Gasteiger partial charge is 0.490 e. The summed E-state index contributed by atoms with van der Waals surface area (Å²) in [6.07, 6.45) is 3.23. The van der Waals surface area contributed by atoms with Crippen LogP contribution in [0.5, 0.6) is 5.75 Å². The first-order chi connectivity index (χ1) is 10.5. The molecule has 3 heteroatoms. The van der Waals surface area contributed by atoms with Crippen molar-refractivity contribution < 1.29 is 9.94 Å². The van der Waals surface area contributed by atoms with Gasteiger partial charge in [0.2, 0.25) is 0 Å². The molecular formula is C19H29NO2. The molecule has 0 saturated carbocycles. The molecule has 1 saturated heterocycles. The van der Waals surface area contributed by atoms with Crippen LogP contribution >= 0.6 is 0 Å². The molecule has 122 valence electrons. The summed E-state index contributed by atoms with van der Waals surface area (Å²) in [7, 11) is 0. The van der Waals surface area contributed by atoms with Crippen molar-refractivity contribution in [2.75, 3.05) is 19.7 Å². The predicted molar refractivity (Wildman–Crippen MR) is 90.4 cm³/mol. The van der Waals surface area contributed by atoms with E-state index in [4.69, 9.17) is 4.74 Å². The number of benzene rings is 1. The maximum Gasteiger partial charge on any atom is 0.119 e. The number of hydrogen-bond acceptors (Lipinski definition) is 3. The first-order valence-electron chi connectivity index (χ1n) is 8.25. The lowest BCUT2D eigenvalue weighted by Gasteiger charge is -2.20. The summed E-state index contributed by atoms with van der Waals surface area (Å²) in [4.78, 5) is 0. The van der Waals surface area contributed by atoms with Gasteiger partial charge in [-0.15, -0.1) is 0 Å². The van der Waals surface area contributed by atoms with Crippen molar-refractivity contribution in [1.29, 1.82) is 0 Å². The molecule has 0 aliphatic carbocycles. The first-order valence-corrected chi connectivity index (χ1v) is 8.25. The first kappa shape index (κ1) is 17.0. The standard InChI is InChI=1S/C19H29NO2/c1-14(2)9-10-22-18-7-5-16(6-8-18)19-13-20(21)12-17(19)11-15(3)4/h5-9,15,17,19,21H,10-13H2,1-4H3. The van der Waals surface area contributed by atoms with Gasteiger partial charge in [-0.1, -0.05) is 31.6 Å². The number of nitrogens with zero attached hydrogens (tertiary/aromatic N) is 1. The van der Waals surface area contributed by atoms with Crippen LogP contribution in [0.25, 0.3) is 0 Å². The minimum Gasteiger partial charge on any atom is -0.490 e. The lowest BCUT2D eigenvalue weighted by molar-refractivity contribution is -0.0725. The molecule has 2 unspecified atom stereocenters. The minimum absolute atomic E-state index is 0.416. The van der Waals surface area contributed by atoms with Gasteiger partial charge in [0.15, 0.2) is 0 Å². The Kier molecular flexibility index (Phi) is 6.04. The average Bonchev–Trinajstić information content (AvgIpc) is 2.79. The quantitative estimate of drug-likeness (QED) is 0.786. The van der Waals surface area contributed by atoms with E-state index in [1.54, 1.807) is 0 Å². The molecule has 1 aromatic rings. The van der Waals surface area contributed by atoms with E-state index in [0.717, 1.165) is 25.3 Å². The van der Waals surface area contributed by atoms with E-state index in [1.165, 1.54) is 16.2 Å². The summed E-state index contributed by atoms with van der Waals surface area (Å²) in [5.74, 6) is 2.51. The third-order valence-electron chi connectivity index (χ3n) is 4.25. The second-order valence-electron chi connectivity index (χ2n) is 7.03. The van der Waals surface area contributed by atoms with E-state index >= 15 is 0 Å². The minimum atomic E-state index is 0.416. The second kappa shape index (κ2) is 7.80. The third-order valence-corrected chi connectivity index (χ3v) is 4.25. The summed E-state index contributed by atoms with van der Waals surface area (Å²) >= 11 is 0. The Hall–Kier alpha value is -1.32. The normalized spacial score (nSPS) is 22.1. The summed E-state index contributed by atoms with van der Waals surface area (Å²) in [6.45, 7) is 10.8. The van der Waals surface area contributed by atoms with Gasteiger partial charge in [-0.05, 0) is 55.9 Å². The molecule has 1 N–H and O–H groups in total. The van der Waals surface area contributed by atoms with Crippen molar-refractivity contribution in [1.82, 2.24) is 5.06 Å². The van der Waals surface area contributed by atoms with E-state index in [9.17, 15) is 5.21 Å². The molecule has 2 atom stereocenters. The van der Waals surface area contributed by atoms with Crippen LogP contribution in [0.2, 0.25) is 0 Å². The highest BCUT2D eigenvalue weighted by molar-refractivity contribution is 5.31. The van der Waals surface area contributed by atoms with Crippen molar-refractivity contribution in [2.24, 2.45) is 11.8 Å². The number of ether oxygens (including phenoxy) is 1. The molecule has 0 bridgehead atoms. The number of allylic oxidation sites excluding steroid dienone is 1. The lowest BCUT2D eigenvalue weighted by Crippen LogP contribution is -2.15. The fraction of sp³-hybridized carbons (Fsp3) is 0.579. The summed E-state index contributed by atoms with van der Waals surface area (Å²) in [5, 5.41) is 11.3. The van der Waals surface area contributed by atoms with Crippen LogP contribution in [0.3, 0.4) is 0 Å². The lowest BCUT2D eigenvalue weighted by atomic mass is 9.84. The van der Waals surface area contributed by atoms with Crippen LogP contribution in [-0.2, 0) is 0 Å². The van der Waals surface area contributed by atoms with Crippen LogP contribution < -0.4 is 4.74 Å². The van der Waals surface area contributed by atoms with Gasteiger partial charge >= 0.3 is 0 Å². The molecule has 1 heterocycles. The van der Waals surface area contributed by atoms with Crippen molar-refractivity contribution in [3.63, 3.8) is 0 Å². The van der Waals surface area contributed by atoms with E-state index < -0.39 is 0 Å². The topological polar surface area (TPSA) is 32.7 Å². The number of hydrogen-bond donors (Lipinski definition) is 1. The number of hydroxylamine groups is 2. The number of rotatable bonds is 6. The van der Waals surface area contributed by atoms with Crippen LogP contribution in [0.4, 0.5) is 0 Å². The summed E-state index contributed by atoms with van der Waals surface area (Å²) in [6, 6.07) is 8.38. The van der Waals surface area contributed by atoms with Crippen molar-refractivity contribution in [3.05, 3.63) is 41.5 Å². The Bertz CT molecular complexity index is 489. The summed E-state index contributed by atoms with van der Waals surface area (Å²) in [5.41, 5.74) is 2.57. The zero-order valence-electron chi connectivity index (χ0n) is 14.2. The van der Waals surface area contributed by atoms with Crippen molar-refractivity contribution in [3.8, 4) is 5.75 Å². The zero-order chi connectivity index (χ0) is 16.1. The van der Waals surface area contributed by atoms with Gasteiger partial charge in [0.25, 0.3) is 0 Å². The molecular weight excluding hydrogens is 274 g/mol. The Labute approximate surface area is 134 Å². The van der Waals surface area contributed by atoms with Crippen LogP contribution in [0.1, 0.15) is 45.6 Å². The van der Waals surface area contributed by atoms with Gasteiger partial charge < -0.3 is 9.94 Å². The Morgan fingerprint density at radius 3 is 2.55 bits per heavy atom. The third kappa shape index (κ3) is 4.85. The highest BCUT2D eigenvalue weighted by atomic mass is 16.5. The average molecular weight is 303 g/mol. The molecule has 1 aromatic carbocycles. The van der Waals surface area contributed by atoms with Gasteiger partial charge in [-0.2, -0.15) is 5.06 Å². The molecule has 1 aliphatic rings. The van der Waals surface area contributed by atoms with Crippen molar-refractivity contribution >= 4 is 0 Å². The SMILES string of the molecule is CC(C)=CCOc1ccc(C2CN(O)CC2CC(C)C)cc1. The molecule has 1 fully saturated rings. The van der Waals surface area contributed by atoms with Crippen molar-refractivity contribution in [2.45, 2.75) is 40.0 Å². The molecule has 0 spiro atoms. The van der Waals surface area contributed by atoms with Crippen LogP contribution in [0.15, 0.2) is 35.9 Å². The highest BCUT2D eigenvalue weighted by Crippen LogP contribution is 2.36. The van der Waals surface area contributed by atoms with Gasteiger partial charge in [0, 0.05) is 19.0 Å². The Morgan fingerprint density at radius 2 is 1.95 bits per heavy atom. The molecule has 0 radical (unpaired) electrons. The smallest absolute Gasteiger partial charge is 0.119 e. The van der Waals surface area contributed by atoms with E-state index in [2.05, 4.69) is 45.9 Å². The monoisotopic (exact) mass is 303 g/mol. The van der Waals surface area contributed by atoms with E-state index in [0.29, 0.717) is 24.4 Å². The molecule has 22 heavy (non-hydrogen) atoms. The van der Waals surface area contributed by atoms with Crippen LogP contribution in [-0.4, -0.2) is 30.0 Å². The van der Waals surface area contributed by atoms with Gasteiger partial charge in [-0.3, -0.25) is 0 Å². The second-order valence-corrected chi connectivity index (χ2v) is 7.03. The van der Waals surface area contributed by atoms with Gasteiger partial charge in [0.1, 0.15) is 12.4 Å². The molecule has 2 rings (SSSR count). The zero-order valence-corrected chi connectivity index (χ0v) is 14.2. The van der Waals surface area contributed by atoms with Gasteiger partial charge in [-0.25, -0.2) is 0 Å². The predicted octanol–water partition coefficient (Wildman–Crippen LogP) is 4.48. The van der Waals surface area contributed by atoms with Gasteiger partial charge in [0.05, 0.1) is 0 Å². The maximum absolute atomic E-state index is 9.87. The summed E-state index contributed by atoms with van der Waals surface area (Å²) < 4.78 is 5.71. The molecule has 0 aromatic heterocycles. The Balaban J connectivity index is 2.00. The highest BCUT2D eigenvalue weighted by Gasteiger charge is 2.33. The molecule has 3 nitrogen and oxygen atoms in total. The fourth-order valence-electron chi connectivity index (χ4n) is 3.19.